The lowest BCUT2D eigenvalue weighted by Gasteiger charge is -2.32. The molecule has 3 heterocycles. The Bertz CT molecular complexity index is 311. The van der Waals surface area contributed by atoms with Crippen LogP contribution in [0.1, 0.15) is 44.9 Å². The summed E-state index contributed by atoms with van der Waals surface area (Å²) in [6.45, 7) is 3.50. The zero-order chi connectivity index (χ0) is 12.4. The second-order valence-electron chi connectivity index (χ2n) is 6.06. The number of nitrogens with one attached hydrogen (secondary N) is 2. The molecule has 3 unspecified atom stereocenters. The fraction of sp³-hybridized carbons (Fsp3) is 0.929. The fourth-order valence-electron chi connectivity index (χ4n) is 3.84. The van der Waals surface area contributed by atoms with E-state index in [4.69, 9.17) is 0 Å². The average molecular weight is 324 g/mol. The molecule has 0 aromatic rings. The van der Waals surface area contributed by atoms with Gasteiger partial charge in [0.25, 0.3) is 0 Å². The highest BCUT2D eigenvalue weighted by Crippen LogP contribution is 2.27. The third-order valence-electron chi connectivity index (χ3n) is 4.80. The van der Waals surface area contributed by atoms with E-state index in [9.17, 15) is 4.79 Å². The molecule has 3 aliphatic rings. The Hall–Kier alpha value is -0.0300. The number of rotatable bonds is 3. The van der Waals surface area contributed by atoms with E-state index in [1.807, 2.05) is 0 Å². The lowest BCUT2D eigenvalue weighted by molar-refractivity contribution is -0.122. The van der Waals surface area contributed by atoms with Crippen molar-refractivity contribution < 1.29 is 4.79 Å². The van der Waals surface area contributed by atoms with Gasteiger partial charge < -0.3 is 10.6 Å². The van der Waals surface area contributed by atoms with Crippen molar-refractivity contribution in [3.05, 3.63) is 0 Å². The Kier molecular flexibility index (Phi) is 7.59. The number of carbonyl (C=O) groups excluding carboxylic acids is 1. The predicted molar refractivity (Wildman–Crippen MR) is 85.9 cm³/mol. The molecule has 3 fully saturated rings. The van der Waals surface area contributed by atoms with Gasteiger partial charge in [0.15, 0.2) is 0 Å². The van der Waals surface area contributed by atoms with Crippen molar-refractivity contribution in [2.45, 2.75) is 63.1 Å². The Morgan fingerprint density at radius 1 is 1.10 bits per heavy atom. The average Bonchev–Trinajstić information content (AvgIpc) is 3.00. The van der Waals surface area contributed by atoms with Crippen LogP contribution in [0.2, 0.25) is 0 Å². The van der Waals surface area contributed by atoms with Crippen molar-refractivity contribution in [3.63, 3.8) is 0 Å². The maximum absolute atomic E-state index is 12.1. The number of fused-ring (bicyclic) bond motifs is 1. The van der Waals surface area contributed by atoms with E-state index in [0.29, 0.717) is 24.5 Å². The summed E-state index contributed by atoms with van der Waals surface area (Å²) < 4.78 is 0. The Labute approximate surface area is 134 Å². The summed E-state index contributed by atoms with van der Waals surface area (Å²) in [5, 5.41) is 6.68. The molecule has 0 aromatic heterocycles. The largest absolute Gasteiger partial charge is 0.352 e. The molecule has 3 aliphatic heterocycles. The molecule has 3 saturated heterocycles. The van der Waals surface area contributed by atoms with Gasteiger partial charge in [-0.15, -0.1) is 24.8 Å². The van der Waals surface area contributed by atoms with E-state index in [-0.39, 0.29) is 30.7 Å². The molecule has 3 atom stereocenters. The van der Waals surface area contributed by atoms with Gasteiger partial charge in [0.2, 0.25) is 5.91 Å². The number of hydrogen-bond donors (Lipinski definition) is 2. The van der Waals surface area contributed by atoms with Crippen LogP contribution < -0.4 is 10.6 Å². The van der Waals surface area contributed by atoms with Crippen molar-refractivity contribution in [1.82, 2.24) is 15.5 Å². The molecule has 3 rings (SSSR count). The van der Waals surface area contributed by atoms with E-state index in [2.05, 4.69) is 15.5 Å². The summed E-state index contributed by atoms with van der Waals surface area (Å²) in [6, 6.07) is 1.47. The van der Waals surface area contributed by atoms with Gasteiger partial charge in [-0.05, 0) is 45.2 Å². The van der Waals surface area contributed by atoms with Gasteiger partial charge in [0, 0.05) is 31.1 Å². The number of nitrogens with zero attached hydrogens (tertiary/aromatic N) is 1. The van der Waals surface area contributed by atoms with Gasteiger partial charge in [-0.3, -0.25) is 9.69 Å². The molecule has 4 nitrogen and oxygen atoms in total. The minimum absolute atomic E-state index is 0. The minimum Gasteiger partial charge on any atom is -0.352 e. The van der Waals surface area contributed by atoms with Crippen LogP contribution in [0.15, 0.2) is 0 Å². The van der Waals surface area contributed by atoms with Crippen LogP contribution in [-0.4, -0.2) is 48.6 Å². The molecular formula is C14H27Cl2N3O. The van der Waals surface area contributed by atoms with Gasteiger partial charge >= 0.3 is 0 Å². The summed E-state index contributed by atoms with van der Waals surface area (Å²) in [5.74, 6) is 0.256. The first-order valence-corrected chi connectivity index (χ1v) is 7.60. The maximum atomic E-state index is 12.1. The normalized spacial score (nSPS) is 32.9. The fourth-order valence-corrected chi connectivity index (χ4v) is 3.84. The molecule has 0 aromatic carbocycles. The first kappa shape index (κ1) is 18.0. The molecule has 0 radical (unpaired) electrons. The van der Waals surface area contributed by atoms with Crippen molar-refractivity contribution in [3.8, 4) is 0 Å². The van der Waals surface area contributed by atoms with Crippen LogP contribution >= 0.6 is 24.8 Å². The standard InChI is InChI=1S/C14H25N3O.2ClH/c18-14(10-11-4-3-7-15-11)16-12-6-9-17-8-2-1-5-13(12)17;;/h11-13,15H,1-10H2,(H,16,18);2*1H. The van der Waals surface area contributed by atoms with Crippen LogP contribution in [0.5, 0.6) is 0 Å². The van der Waals surface area contributed by atoms with Crippen LogP contribution in [0.4, 0.5) is 0 Å². The summed E-state index contributed by atoms with van der Waals surface area (Å²) in [7, 11) is 0. The number of halogens is 2. The zero-order valence-corrected chi connectivity index (χ0v) is 13.6. The number of piperidine rings is 1. The van der Waals surface area contributed by atoms with Crippen LogP contribution in [-0.2, 0) is 4.79 Å². The summed E-state index contributed by atoms with van der Waals surface area (Å²) >= 11 is 0. The number of hydrogen-bond acceptors (Lipinski definition) is 3. The van der Waals surface area contributed by atoms with Crippen LogP contribution in [0.25, 0.3) is 0 Å². The number of carbonyl (C=O) groups is 1. The highest BCUT2D eigenvalue weighted by molar-refractivity contribution is 5.85. The first-order valence-electron chi connectivity index (χ1n) is 7.60. The molecule has 0 spiro atoms. The first-order chi connectivity index (χ1) is 8.83. The van der Waals surface area contributed by atoms with Crippen molar-refractivity contribution >= 4 is 30.7 Å². The molecule has 1 amide bonds. The second kappa shape index (κ2) is 8.42. The van der Waals surface area contributed by atoms with Gasteiger partial charge in [-0.25, -0.2) is 0 Å². The molecule has 6 heteroatoms. The molecule has 0 saturated carbocycles. The third-order valence-corrected chi connectivity index (χ3v) is 4.80. The van der Waals surface area contributed by atoms with Crippen molar-refractivity contribution in [2.75, 3.05) is 19.6 Å². The van der Waals surface area contributed by atoms with Gasteiger partial charge in [-0.1, -0.05) is 6.42 Å². The zero-order valence-electron chi connectivity index (χ0n) is 12.0. The van der Waals surface area contributed by atoms with Crippen LogP contribution in [0, 0.1) is 0 Å². The molecule has 2 N–H and O–H groups in total. The van der Waals surface area contributed by atoms with Crippen LogP contribution in [0.3, 0.4) is 0 Å². The molecule has 20 heavy (non-hydrogen) atoms. The van der Waals surface area contributed by atoms with Gasteiger partial charge in [0.05, 0.1) is 0 Å². The Morgan fingerprint density at radius 2 is 1.95 bits per heavy atom. The van der Waals surface area contributed by atoms with E-state index in [1.54, 1.807) is 0 Å². The molecule has 118 valence electrons. The van der Waals surface area contributed by atoms with Gasteiger partial charge in [0.1, 0.15) is 0 Å². The predicted octanol–water partition coefficient (Wildman–Crippen LogP) is 1.72. The van der Waals surface area contributed by atoms with Crippen molar-refractivity contribution in [1.29, 1.82) is 0 Å². The highest BCUT2D eigenvalue weighted by atomic mass is 35.5. The molecule has 0 aliphatic carbocycles. The number of amides is 1. The quantitative estimate of drug-likeness (QED) is 0.831. The minimum atomic E-state index is 0. The second-order valence-corrected chi connectivity index (χ2v) is 6.06. The van der Waals surface area contributed by atoms with Crippen molar-refractivity contribution in [2.24, 2.45) is 0 Å². The monoisotopic (exact) mass is 323 g/mol. The Balaban J connectivity index is 0.000001000. The van der Waals surface area contributed by atoms with Gasteiger partial charge in [-0.2, -0.15) is 0 Å². The third kappa shape index (κ3) is 4.23. The van der Waals surface area contributed by atoms with E-state index in [1.165, 1.54) is 38.8 Å². The molecular weight excluding hydrogens is 297 g/mol. The Morgan fingerprint density at radius 3 is 2.70 bits per heavy atom. The SMILES string of the molecule is Cl.Cl.O=C(CC1CCCN1)NC1CCN2CCCCC12. The lowest BCUT2D eigenvalue weighted by atomic mass is 9.99. The molecule has 0 bridgehead atoms. The topological polar surface area (TPSA) is 44.4 Å². The summed E-state index contributed by atoms with van der Waals surface area (Å²) in [4.78, 5) is 14.6. The lowest BCUT2D eigenvalue weighted by Crippen LogP contribution is -2.47. The summed E-state index contributed by atoms with van der Waals surface area (Å²) in [6.07, 6.45) is 8.14. The van der Waals surface area contributed by atoms with E-state index >= 15 is 0 Å². The maximum Gasteiger partial charge on any atom is 0.221 e. The summed E-state index contributed by atoms with van der Waals surface area (Å²) in [5.41, 5.74) is 0. The van der Waals surface area contributed by atoms with E-state index < -0.39 is 0 Å². The van der Waals surface area contributed by atoms with E-state index in [0.717, 1.165) is 19.4 Å². The highest BCUT2D eigenvalue weighted by Gasteiger charge is 2.36. The smallest absolute Gasteiger partial charge is 0.221 e.